The van der Waals surface area contributed by atoms with Crippen molar-refractivity contribution in [3.05, 3.63) is 32.4 Å². The Morgan fingerprint density at radius 3 is 0.828 bits per heavy atom. The minimum absolute atomic E-state index is 0.0115. The van der Waals surface area contributed by atoms with E-state index in [9.17, 15) is 20.2 Å². The molecule has 0 bridgehead atoms. The van der Waals surface area contributed by atoms with E-state index in [0.717, 1.165) is 31.7 Å². The molecule has 0 unspecified atom stereocenters. The second-order valence-electron chi connectivity index (χ2n) is 17.8. The maximum Gasteiger partial charge on any atom is 0.299 e. The fourth-order valence-electron chi connectivity index (χ4n) is 8.61. The molecule has 2 N–H and O–H groups in total. The third-order valence-electron chi connectivity index (χ3n) is 12.4. The van der Waals surface area contributed by atoms with Gasteiger partial charge in [-0.1, -0.05) is 258 Å². The lowest BCUT2D eigenvalue weighted by molar-refractivity contribution is -0.393. The van der Waals surface area contributed by atoms with Crippen LogP contribution in [0.5, 0.6) is 0 Å². The Hall–Kier alpha value is -2.38. The second kappa shape index (κ2) is 40.0. The summed E-state index contributed by atoms with van der Waals surface area (Å²) in [4.78, 5) is 24.5. The molecule has 0 fully saturated rings. The number of benzene rings is 1. The fourth-order valence-corrected chi connectivity index (χ4v) is 8.61. The molecule has 0 atom stereocenters. The molecular formula is C50H94N4O4. The Balaban J connectivity index is 2.24. The molecule has 58 heavy (non-hydrogen) atoms. The number of nitrogens with two attached hydrogens (primary N) is 1. The first kappa shape index (κ1) is 53.6. The molecule has 0 aliphatic carbocycles. The van der Waals surface area contributed by atoms with Crippen molar-refractivity contribution in [3.63, 3.8) is 0 Å². The van der Waals surface area contributed by atoms with Crippen LogP contribution in [0.25, 0.3) is 0 Å². The molecule has 8 nitrogen and oxygen atoms in total. The molecule has 0 saturated carbocycles. The molecule has 0 heterocycles. The Labute approximate surface area is 358 Å². The van der Waals surface area contributed by atoms with Gasteiger partial charge in [-0.25, -0.2) is 0 Å². The zero-order valence-electron chi connectivity index (χ0n) is 38.4. The highest BCUT2D eigenvalue weighted by atomic mass is 16.6. The lowest BCUT2D eigenvalue weighted by atomic mass is 10.0. The van der Waals surface area contributed by atoms with Gasteiger partial charge >= 0.3 is 0 Å². The van der Waals surface area contributed by atoms with E-state index in [0.29, 0.717) is 18.8 Å². The molecule has 1 rings (SSSR count). The molecule has 338 valence electrons. The van der Waals surface area contributed by atoms with Crippen molar-refractivity contribution in [3.8, 4) is 0 Å². The monoisotopic (exact) mass is 815 g/mol. The zero-order valence-corrected chi connectivity index (χ0v) is 38.4. The highest BCUT2D eigenvalue weighted by molar-refractivity contribution is 5.76. The van der Waals surface area contributed by atoms with Gasteiger partial charge in [0.05, 0.1) is 15.9 Å². The number of hydrogen-bond acceptors (Lipinski definition) is 6. The Morgan fingerprint density at radius 2 is 0.603 bits per heavy atom. The maximum absolute atomic E-state index is 12.0. The molecule has 0 aliphatic rings. The number of unbranched alkanes of at least 4 members (excludes halogenated alkanes) is 38. The van der Waals surface area contributed by atoms with Crippen LogP contribution in [0.3, 0.4) is 0 Å². The molecule has 0 aliphatic heterocycles. The van der Waals surface area contributed by atoms with Crippen molar-refractivity contribution in [2.75, 3.05) is 23.7 Å². The first-order valence-corrected chi connectivity index (χ1v) is 25.4. The minimum atomic E-state index is -0.631. The molecule has 0 radical (unpaired) electrons. The van der Waals surface area contributed by atoms with Crippen LogP contribution in [0.2, 0.25) is 0 Å². The number of nitrogens with zero attached hydrogens (tertiary/aromatic N) is 3. The average molecular weight is 815 g/mol. The minimum Gasteiger partial charge on any atom is -0.393 e. The summed E-state index contributed by atoms with van der Waals surface area (Å²) in [5.41, 5.74) is 5.84. The van der Waals surface area contributed by atoms with E-state index < -0.39 is 15.5 Å². The number of hydrogen-bond donors (Lipinski definition) is 1. The lowest BCUT2D eigenvalue weighted by Gasteiger charge is -2.25. The van der Waals surface area contributed by atoms with Gasteiger partial charge in [0.1, 0.15) is 11.4 Å². The molecular weight excluding hydrogens is 721 g/mol. The predicted octanol–water partition coefficient (Wildman–Crippen LogP) is 17.5. The van der Waals surface area contributed by atoms with E-state index in [1.165, 1.54) is 237 Å². The summed E-state index contributed by atoms with van der Waals surface area (Å²) in [5.74, 6) is 0. The largest absolute Gasteiger partial charge is 0.393 e. The van der Waals surface area contributed by atoms with Crippen LogP contribution >= 0.6 is 0 Å². The van der Waals surface area contributed by atoms with Gasteiger partial charge in [0.15, 0.2) is 0 Å². The van der Waals surface area contributed by atoms with Crippen LogP contribution in [0.15, 0.2) is 12.1 Å². The predicted molar refractivity (Wildman–Crippen MR) is 252 cm³/mol. The molecule has 8 heteroatoms. The molecule has 0 saturated heterocycles. The zero-order chi connectivity index (χ0) is 42.2. The SMILES string of the molecule is CCCCCCCCCCCCCCCCCCCCCCN(CCCCCCCCCCCCCCCCCCCCCC)c1cc(N)c([N+](=O)[O-])cc1[N+](=O)[O-]. The summed E-state index contributed by atoms with van der Waals surface area (Å²) < 4.78 is 0. The normalized spacial score (nSPS) is 11.4. The van der Waals surface area contributed by atoms with Crippen molar-refractivity contribution in [1.82, 2.24) is 0 Å². The number of nitro benzene ring substituents is 2. The first-order chi connectivity index (χ1) is 28.4. The van der Waals surface area contributed by atoms with Crippen molar-refractivity contribution in [2.45, 2.75) is 271 Å². The summed E-state index contributed by atoms with van der Waals surface area (Å²) in [6, 6.07) is 2.51. The lowest BCUT2D eigenvalue weighted by Crippen LogP contribution is -2.27. The van der Waals surface area contributed by atoms with Crippen LogP contribution in [0, 0.1) is 20.2 Å². The van der Waals surface area contributed by atoms with Gasteiger partial charge in [0.2, 0.25) is 0 Å². The van der Waals surface area contributed by atoms with E-state index in [-0.39, 0.29) is 11.4 Å². The van der Waals surface area contributed by atoms with E-state index >= 15 is 0 Å². The van der Waals surface area contributed by atoms with Gasteiger partial charge in [-0.05, 0) is 18.9 Å². The van der Waals surface area contributed by atoms with Crippen molar-refractivity contribution >= 4 is 22.7 Å². The maximum atomic E-state index is 12.0. The van der Waals surface area contributed by atoms with Gasteiger partial charge in [0, 0.05) is 13.1 Å². The number of nitro groups is 2. The van der Waals surface area contributed by atoms with E-state index in [2.05, 4.69) is 18.7 Å². The van der Waals surface area contributed by atoms with E-state index in [4.69, 9.17) is 5.73 Å². The van der Waals surface area contributed by atoms with E-state index in [1.54, 1.807) is 0 Å². The smallest absolute Gasteiger partial charge is 0.299 e. The molecule has 0 aromatic heterocycles. The second-order valence-corrected chi connectivity index (χ2v) is 17.8. The van der Waals surface area contributed by atoms with Gasteiger partial charge < -0.3 is 10.6 Å². The number of rotatable bonds is 45. The van der Waals surface area contributed by atoms with Crippen molar-refractivity contribution in [1.29, 1.82) is 0 Å². The van der Waals surface area contributed by atoms with Gasteiger partial charge in [-0.15, -0.1) is 0 Å². The topological polar surface area (TPSA) is 116 Å². The number of nitrogen functional groups attached to an aromatic ring is 1. The Kier molecular flexibility index (Phi) is 37.0. The summed E-state index contributed by atoms with van der Waals surface area (Å²) in [6.45, 7) is 5.98. The van der Waals surface area contributed by atoms with Gasteiger partial charge in [-0.3, -0.25) is 20.2 Å². The molecule has 0 spiro atoms. The van der Waals surface area contributed by atoms with Crippen LogP contribution in [0.4, 0.5) is 22.7 Å². The van der Waals surface area contributed by atoms with Crippen molar-refractivity contribution in [2.24, 2.45) is 0 Å². The Morgan fingerprint density at radius 1 is 0.379 bits per heavy atom. The average Bonchev–Trinajstić information content (AvgIpc) is 3.21. The fraction of sp³-hybridized carbons (Fsp3) is 0.880. The van der Waals surface area contributed by atoms with Crippen LogP contribution < -0.4 is 10.6 Å². The third-order valence-corrected chi connectivity index (χ3v) is 12.4. The summed E-state index contributed by atoms with van der Waals surface area (Å²) in [7, 11) is 0. The standard InChI is InChI=1S/C50H94N4O4/c1-3-5-7-9-11-13-15-17-19-21-23-25-27-29-31-33-35-37-39-41-43-52(49-45-47(51)48(53(55)56)46-50(49)54(57)58)44-42-40-38-36-34-32-30-28-26-24-22-20-18-16-14-12-10-8-6-4-2/h45-46H,3-44,51H2,1-2H3. The van der Waals surface area contributed by atoms with Crippen molar-refractivity contribution < 1.29 is 9.85 Å². The van der Waals surface area contributed by atoms with Gasteiger partial charge in [-0.2, -0.15) is 0 Å². The van der Waals surface area contributed by atoms with Crippen LogP contribution in [0.1, 0.15) is 271 Å². The quantitative estimate of drug-likeness (QED) is 0.0303. The molecule has 0 amide bonds. The van der Waals surface area contributed by atoms with Crippen LogP contribution in [-0.4, -0.2) is 22.9 Å². The highest BCUT2D eigenvalue weighted by Gasteiger charge is 2.26. The molecule has 1 aromatic carbocycles. The van der Waals surface area contributed by atoms with Crippen LogP contribution in [-0.2, 0) is 0 Å². The number of anilines is 2. The molecule has 1 aromatic rings. The highest BCUT2D eigenvalue weighted by Crippen LogP contribution is 2.37. The Bertz CT molecular complexity index is 1060. The van der Waals surface area contributed by atoms with Gasteiger partial charge in [0.25, 0.3) is 11.4 Å². The first-order valence-electron chi connectivity index (χ1n) is 25.4. The summed E-state index contributed by atoms with van der Waals surface area (Å²) >= 11 is 0. The summed E-state index contributed by atoms with van der Waals surface area (Å²) in [6.07, 6.45) is 53.3. The third kappa shape index (κ3) is 30.6. The summed E-state index contributed by atoms with van der Waals surface area (Å²) in [5, 5.41) is 23.5. The van der Waals surface area contributed by atoms with E-state index in [1.807, 2.05) is 0 Å².